The van der Waals surface area contributed by atoms with Gasteiger partial charge >= 0.3 is 0 Å². The summed E-state index contributed by atoms with van der Waals surface area (Å²) in [6.45, 7) is 0.00833. The fraction of sp³-hybridized carbons (Fsp3) is 0.0833. The van der Waals surface area contributed by atoms with Gasteiger partial charge in [0, 0.05) is 11.6 Å². The number of nitrogens with two attached hydrogens (primary N) is 1. The van der Waals surface area contributed by atoms with Gasteiger partial charge in [-0.25, -0.2) is 22.9 Å². The van der Waals surface area contributed by atoms with Crippen molar-refractivity contribution in [3.63, 3.8) is 0 Å². The van der Waals surface area contributed by atoms with Crippen LogP contribution in [0, 0.1) is 5.82 Å². The molecule has 0 unspecified atom stereocenters. The number of ether oxygens (including phenoxy) is 1. The number of primary sulfonamides is 1. The van der Waals surface area contributed by atoms with Gasteiger partial charge in [0.25, 0.3) is 0 Å². The number of benzene rings is 1. The second kappa shape index (κ2) is 5.33. The van der Waals surface area contributed by atoms with E-state index in [4.69, 9.17) is 9.88 Å². The summed E-state index contributed by atoms with van der Waals surface area (Å²) in [5.74, 6) is -0.181. The average Bonchev–Trinajstić information content (AvgIpc) is 2.37. The molecule has 0 saturated carbocycles. The second-order valence-electron chi connectivity index (χ2n) is 3.76. The first-order valence-corrected chi connectivity index (χ1v) is 6.86. The fourth-order valence-electron chi connectivity index (χ4n) is 1.39. The van der Waals surface area contributed by atoms with Crippen molar-refractivity contribution < 1.29 is 17.5 Å². The highest BCUT2D eigenvalue weighted by atomic mass is 32.2. The Hall–Kier alpha value is -1.99. The Morgan fingerprint density at radius 3 is 2.53 bits per heavy atom. The molecule has 2 aromatic rings. The Bertz CT molecular complexity index is 672. The molecule has 1 aromatic heterocycles. The molecular weight excluding hydrogens is 271 g/mol. The minimum absolute atomic E-state index is 0.00833. The van der Waals surface area contributed by atoms with Crippen molar-refractivity contribution >= 4 is 10.0 Å². The van der Waals surface area contributed by atoms with Crippen molar-refractivity contribution in [2.24, 2.45) is 5.14 Å². The normalized spacial score (nSPS) is 11.3. The van der Waals surface area contributed by atoms with Gasteiger partial charge in [-0.1, -0.05) is 18.2 Å². The van der Waals surface area contributed by atoms with E-state index in [9.17, 15) is 12.8 Å². The van der Waals surface area contributed by atoms with E-state index in [1.165, 1.54) is 18.2 Å². The standard InChI is InChI=1S/C12H11FN2O3S/c13-11-4-2-1-3-9(11)8-18-12-6-5-10(7-15-12)19(14,16)17/h1-7H,8H2,(H2,14,16,17). The maximum atomic E-state index is 13.3. The van der Waals surface area contributed by atoms with Crippen molar-refractivity contribution in [1.82, 2.24) is 4.98 Å². The van der Waals surface area contributed by atoms with Crippen LogP contribution in [-0.4, -0.2) is 13.4 Å². The molecule has 100 valence electrons. The van der Waals surface area contributed by atoms with E-state index in [0.29, 0.717) is 5.56 Å². The number of rotatable bonds is 4. The van der Waals surface area contributed by atoms with Crippen LogP contribution in [0.2, 0.25) is 0 Å². The second-order valence-corrected chi connectivity index (χ2v) is 5.32. The van der Waals surface area contributed by atoms with Crippen LogP contribution < -0.4 is 9.88 Å². The molecular formula is C12H11FN2O3S. The quantitative estimate of drug-likeness (QED) is 0.920. The van der Waals surface area contributed by atoms with Crippen molar-refractivity contribution in [2.75, 3.05) is 0 Å². The molecule has 0 aliphatic heterocycles. The van der Waals surface area contributed by atoms with Gasteiger partial charge in [0.15, 0.2) is 0 Å². The molecule has 0 fully saturated rings. The van der Waals surface area contributed by atoms with E-state index in [1.54, 1.807) is 18.2 Å². The topological polar surface area (TPSA) is 82.3 Å². The number of aromatic nitrogens is 1. The first-order valence-electron chi connectivity index (χ1n) is 5.32. The zero-order chi connectivity index (χ0) is 13.9. The molecule has 0 aliphatic carbocycles. The first-order chi connectivity index (χ1) is 8.97. The zero-order valence-corrected chi connectivity index (χ0v) is 10.6. The number of pyridine rings is 1. The van der Waals surface area contributed by atoms with Gasteiger partial charge in [0.05, 0.1) is 6.20 Å². The summed E-state index contributed by atoms with van der Waals surface area (Å²) < 4.78 is 40.6. The summed E-state index contributed by atoms with van der Waals surface area (Å²) in [4.78, 5) is 3.68. The van der Waals surface area contributed by atoms with Crippen LogP contribution in [0.15, 0.2) is 47.5 Å². The molecule has 5 nitrogen and oxygen atoms in total. The van der Waals surface area contributed by atoms with Crippen LogP contribution in [0.1, 0.15) is 5.56 Å². The smallest absolute Gasteiger partial charge is 0.239 e. The van der Waals surface area contributed by atoms with E-state index in [-0.39, 0.29) is 23.2 Å². The molecule has 1 aromatic carbocycles. The lowest BCUT2D eigenvalue weighted by Gasteiger charge is -2.06. The highest BCUT2D eigenvalue weighted by Crippen LogP contribution is 2.14. The predicted molar refractivity (Wildman–Crippen MR) is 66.3 cm³/mol. The highest BCUT2D eigenvalue weighted by Gasteiger charge is 2.08. The van der Waals surface area contributed by atoms with E-state index in [0.717, 1.165) is 6.20 Å². The van der Waals surface area contributed by atoms with Gasteiger partial charge < -0.3 is 4.74 Å². The van der Waals surface area contributed by atoms with Crippen molar-refractivity contribution in [3.8, 4) is 5.88 Å². The fourth-order valence-corrected chi connectivity index (χ4v) is 1.84. The molecule has 0 spiro atoms. The molecule has 0 saturated heterocycles. The molecule has 0 radical (unpaired) electrons. The lowest BCUT2D eigenvalue weighted by Crippen LogP contribution is -2.12. The third-order valence-corrected chi connectivity index (χ3v) is 3.27. The molecule has 7 heteroatoms. The van der Waals surface area contributed by atoms with Crippen LogP contribution in [0.4, 0.5) is 4.39 Å². The first kappa shape index (κ1) is 13.4. The van der Waals surface area contributed by atoms with Crippen LogP contribution in [0.25, 0.3) is 0 Å². The summed E-state index contributed by atoms with van der Waals surface area (Å²) in [5, 5.41) is 4.93. The van der Waals surface area contributed by atoms with Gasteiger partial charge in [-0.3, -0.25) is 0 Å². The third kappa shape index (κ3) is 3.49. The van der Waals surface area contributed by atoms with Crippen LogP contribution in [-0.2, 0) is 16.6 Å². The monoisotopic (exact) mass is 282 g/mol. The molecule has 0 amide bonds. The number of halogens is 1. The van der Waals surface area contributed by atoms with E-state index >= 15 is 0 Å². The summed E-state index contributed by atoms with van der Waals surface area (Å²) in [6.07, 6.45) is 1.09. The van der Waals surface area contributed by atoms with Gasteiger partial charge in [-0.05, 0) is 12.1 Å². The molecule has 0 bridgehead atoms. The summed E-state index contributed by atoms with van der Waals surface area (Å²) >= 11 is 0. The Morgan fingerprint density at radius 2 is 1.95 bits per heavy atom. The Labute approximate surface area is 109 Å². The van der Waals surface area contributed by atoms with Crippen LogP contribution in [0.5, 0.6) is 5.88 Å². The highest BCUT2D eigenvalue weighted by molar-refractivity contribution is 7.89. The molecule has 19 heavy (non-hydrogen) atoms. The van der Waals surface area contributed by atoms with Crippen molar-refractivity contribution in [3.05, 3.63) is 54.0 Å². The number of hydrogen-bond acceptors (Lipinski definition) is 4. The molecule has 2 N–H and O–H groups in total. The largest absolute Gasteiger partial charge is 0.473 e. The summed E-state index contributed by atoms with van der Waals surface area (Å²) in [6, 6.07) is 8.83. The predicted octanol–water partition coefficient (Wildman–Crippen LogP) is 1.45. The lowest BCUT2D eigenvalue weighted by atomic mass is 10.2. The Morgan fingerprint density at radius 1 is 1.21 bits per heavy atom. The van der Waals surface area contributed by atoms with Crippen molar-refractivity contribution in [2.45, 2.75) is 11.5 Å². The van der Waals surface area contributed by atoms with E-state index < -0.39 is 10.0 Å². The average molecular weight is 282 g/mol. The van der Waals surface area contributed by atoms with Crippen molar-refractivity contribution in [1.29, 1.82) is 0 Å². The molecule has 0 aliphatic rings. The summed E-state index contributed by atoms with van der Waals surface area (Å²) in [5.41, 5.74) is 0.389. The number of nitrogens with zero attached hydrogens (tertiary/aromatic N) is 1. The van der Waals surface area contributed by atoms with Gasteiger partial charge in [-0.15, -0.1) is 0 Å². The van der Waals surface area contributed by atoms with Gasteiger partial charge in [-0.2, -0.15) is 0 Å². The zero-order valence-electron chi connectivity index (χ0n) is 9.78. The minimum Gasteiger partial charge on any atom is -0.473 e. The van der Waals surface area contributed by atoms with Gasteiger partial charge in [0.2, 0.25) is 15.9 Å². The molecule has 0 atom stereocenters. The SMILES string of the molecule is NS(=O)(=O)c1ccc(OCc2ccccc2F)nc1. The molecule has 1 heterocycles. The maximum Gasteiger partial charge on any atom is 0.239 e. The molecule has 2 rings (SSSR count). The van der Waals surface area contributed by atoms with E-state index in [2.05, 4.69) is 4.98 Å². The third-order valence-electron chi connectivity index (χ3n) is 2.37. The van der Waals surface area contributed by atoms with Crippen LogP contribution in [0.3, 0.4) is 0 Å². The van der Waals surface area contributed by atoms with Crippen LogP contribution >= 0.6 is 0 Å². The van der Waals surface area contributed by atoms with E-state index in [1.807, 2.05) is 0 Å². The minimum atomic E-state index is -3.77. The lowest BCUT2D eigenvalue weighted by molar-refractivity contribution is 0.287. The Balaban J connectivity index is 2.07. The number of hydrogen-bond donors (Lipinski definition) is 1. The number of sulfonamides is 1. The van der Waals surface area contributed by atoms with Gasteiger partial charge in [0.1, 0.15) is 17.3 Å². The Kier molecular flexibility index (Phi) is 3.77. The summed E-state index contributed by atoms with van der Waals surface area (Å²) in [7, 11) is -3.77. The maximum absolute atomic E-state index is 13.3.